The molecule has 1 saturated heterocycles. The molecule has 0 atom stereocenters. The molecule has 1 aliphatic rings. The molecule has 36 heavy (non-hydrogen) atoms. The molecule has 1 heterocycles. The molecular weight excluding hydrogens is 523 g/mol. The lowest BCUT2D eigenvalue weighted by atomic mass is 10.1. The average Bonchev–Trinajstić information content (AvgIpc) is 2.82. The molecular formula is C25H24Cl2N4O4S. The van der Waals surface area contributed by atoms with Crippen LogP contribution in [0.25, 0.3) is 0 Å². The first-order valence-electron chi connectivity index (χ1n) is 11.1. The van der Waals surface area contributed by atoms with Gasteiger partial charge in [-0.05, 0) is 67.4 Å². The van der Waals surface area contributed by atoms with Gasteiger partial charge in [0.2, 0.25) is 0 Å². The number of carbonyl (C=O) groups is 2. The Labute approximate surface area is 220 Å². The molecule has 0 aromatic heterocycles. The SMILES string of the molecule is Cc1ccc(NC(=O)c2ccc(N3CCCN(C)S3(=O)=O)cc2Cl)cc1NC(=O)c1cccc(Cl)c1. The van der Waals surface area contributed by atoms with Gasteiger partial charge in [-0.3, -0.25) is 13.9 Å². The highest BCUT2D eigenvalue weighted by Gasteiger charge is 2.31. The van der Waals surface area contributed by atoms with Crippen LogP contribution >= 0.6 is 23.2 Å². The van der Waals surface area contributed by atoms with E-state index in [1.165, 1.54) is 27.8 Å². The van der Waals surface area contributed by atoms with Gasteiger partial charge in [0.1, 0.15) is 0 Å². The lowest BCUT2D eigenvalue weighted by molar-refractivity contribution is 0.101. The number of amides is 2. The summed E-state index contributed by atoms with van der Waals surface area (Å²) >= 11 is 12.4. The molecule has 188 valence electrons. The summed E-state index contributed by atoms with van der Waals surface area (Å²) < 4.78 is 27.8. The van der Waals surface area contributed by atoms with Crippen molar-refractivity contribution in [1.29, 1.82) is 0 Å². The van der Waals surface area contributed by atoms with Crippen LogP contribution in [-0.4, -0.2) is 44.7 Å². The number of nitrogens with one attached hydrogen (secondary N) is 2. The number of aryl methyl sites for hydroxylation is 1. The molecule has 0 bridgehead atoms. The fourth-order valence-corrected chi connectivity index (χ4v) is 5.69. The van der Waals surface area contributed by atoms with Crippen molar-refractivity contribution in [2.24, 2.45) is 0 Å². The lowest BCUT2D eigenvalue weighted by Gasteiger charge is -2.34. The van der Waals surface area contributed by atoms with Gasteiger partial charge in [0.15, 0.2) is 0 Å². The van der Waals surface area contributed by atoms with Gasteiger partial charge < -0.3 is 10.6 Å². The van der Waals surface area contributed by atoms with Crippen LogP contribution in [0.5, 0.6) is 0 Å². The normalized spacial score (nSPS) is 15.4. The lowest BCUT2D eigenvalue weighted by Crippen LogP contribution is -2.48. The van der Waals surface area contributed by atoms with Crippen molar-refractivity contribution in [3.63, 3.8) is 0 Å². The zero-order valence-corrected chi connectivity index (χ0v) is 21.9. The molecule has 4 rings (SSSR count). The number of carbonyl (C=O) groups excluding carboxylic acids is 2. The molecule has 0 unspecified atom stereocenters. The Morgan fingerprint density at radius 2 is 1.69 bits per heavy atom. The van der Waals surface area contributed by atoms with Gasteiger partial charge in [-0.1, -0.05) is 35.3 Å². The van der Waals surface area contributed by atoms with E-state index in [-0.39, 0.29) is 16.5 Å². The third-order valence-electron chi connectivity index (χ3n) is 5.82. The Bertz CT molecular complexity index is 1450. The zero-order chi connectivity index (χ0) is 26.0. The van der Waals surface area contributed by atoms with Crippen molar-refractivity contribution in [2.45, 2.75) is 13.3 Å². The third kappa shape index (κ3) is 5.49. The van der Waals surface area contributed by atoms with Gasteiger partial charge in [-0.25, -0.2) is 0 Å². The number of anilines is 3. The Morgan fingerprint density at radius 3 is 2.42 bits per heavy atom. The molecule has 1 fully saturated rings. The van der Waals surface area contributed by atoms with Crippen LogP contribution in [0.3, 0.4) is 0 Å². The summed E-state index contributed by atoms with van der Waals surface area (Å²) in [5.74, 6) is -0.804. The van der Waals surface area contributed by atoms with E-state index in [9.17, 15) is 18.0 Å². The number of hydrogen-bond acceptors (Lipinski definition) is 4. The summed E-state index contributed by atoms with van der Waals surface area (Å²) in [5, 5.41) is 6.18. The first-order chi connectivity index (χ1) is 17.1. The summed E-state index contributed by atoms with van der Waals surface area (Å²) in [4.78, 5) is 25.6. The van der Waals surface area contributed by atoms with Gasteiger partial charge in [0.25, 0.3) is 11.8 Å². The minimum Gasteiger partial charge on any atom is -0.322 e. The first-order valence-corrected chi connectivity index (χ1v) is 13.2. The predicted octanol–water partition coefficient (Wildman–Crippen LogP) is 5.19. The quantitative estimate of drug-likeness (QED) is 0.459. The van der Waals surface area contributed by atoms with Crippen LogP contribution in [0.2, 0.25) is 10.0 Å². The van der Waals surface area contributed by atoms with Crippen LogP contribution in [0, 0.1) is 6.92 Å². The number of hydrogen-bond donors (Lipinski definition) is 2. The second kappa shape index (κ2) is 10.5. The fourth-order valence-electron chi connectivity index (χ4n) is 3.80. The topological polar surface area (TPSA) is 98.8 Å². The molecule has 2 amide bonds. The van der Waals surface area contributed by atoms with Crippen LogP contribution in [0.4, 0.5) is 17.1 Å². The highest BCUT2D eigenvalue weighted by molar-refractivity contribution is 7.90. The largest absolute Gasteiger partial charge is 0.322 e. The molecule has 0 spiro atoms. The monoisotopic (exact) mass is 546 g/mol. The van der Waals surface area contributed by atoms with E-state index in [2.05, 4.69) is 10.6 Å². The van der Waals surface area contributed by atoms with E-state index in [1.807, 2.05) is 6.92 Å². The van der Waals surface area contributed by atoms with Crippen molar-refractivity contribution >= 4 is 62.3 Å². The van der Waals surface area contributed by atoms with Crippen molar-refractivity contribution in [3.05, 3.63) is 87.4 Å². The van der Waals surface area contributed by atoms with Gasteiger partial charge in [0.05, 0.1) is 16.3 Å². The zero-order valence-electron chi connectivity index (χ0n) is 19.6. The van der Waals surface area contributed by atoms with Crippen LogP contribution in [0.1, 0.15) is 32.7 Å². The highest BCUT2D eigenvalue weighted by atomic mass is 35.5. The van der Waals surface area contributed by atoms with Crippen molar-refractivity contribution in [1.82, 2.24) is 4.31 Å². The van der Waals surface area contributed by atoms with E-state index >= 15 is 0 Å². The first kappa shape index (κ1) is 26.0. The van der Waals surface area contributed by atoms with Crippen molar-refractivity contribution < 1.29 is 18.0 Å². The summed E-state index contributed by atoms with van der Waals surface area (Å²) in [6, 6.07) is 16.2. The fraction of sp³-hybridized carbons (Fsp3) is 0.200. The molecule has 11 heteroatoms. The summed E-state index contributed by atoms with van der Waals surface area (Å²) in [7, 11) is -2.10. The molecule has 3 aromatic carbocycles. The molecule has 1 aliphatic heterocycles. The second-order valence-electron chi connectivity index (χ2n) is 8.37. The van der Waals surface area contributed by atoms with E-state index in [1.54, 1.807) is 48.5 Å². The Morgan fingerprint density at radius 1 is 0.917 bits per heavy atom. The van der Waals surface area contributed by atoms with Gasteiger partial charge in [0, 0.05) is 42.1 Å². The highest BCUT2D eigenvalue weighted by Crippen LogP contribution is 2.29. The number of benzene rings is 3. The maximum atomic E-state index is 12.9. The van der Waals surface area contributed by atoms with Crippen LogP contribution < -0.4 is 14.9 Å². The van der Waals surface area contributed by atoms with Gasteiger partial charge in [-0.2, -0.15) is 12.7 Å². The maximum Gasteiger partial charge on any atom is 0.303 e. The summed E-state index contributed by atoms with van der Waals surface area (Å²) in [6.07, 6.45) is 0.680. The number of nitrogens with zero attached hydrogens (tertiary/aromatic N) is 2. The van der Waals surface area contributed by atoms with E-state index in [4.69, 9.17) is 23.2 Å². The number of halogens is 2. The third-order valence-corrected chi connectivity index (χ3v) is 8.29. The standard InChI is InChI=1S/C25H24Cl2N4O4S/c1-16-7-8-19(14-23(16)29-24(32)17-5-3-6-18(26)13-17)28-25(33)21-10-9-20(15-22(21)27)31-12-4-11-30(2)36(31,34)35/h3,5-10,13-15H,4,11-12H2,1-2H3,(H,28,33)(H,29,32). The van der Waals surface area contributed by atoms with E-state index in [0.717, 1.165) is 5.56 Å². The van der Waals surface area contributed by atoms with E-state index in [0.29, 0.717) is 47.2 Å². The average molecular weight is 547 g/mol. The van der Waals surface area contributed by atoms with Gasteiger partial charge in [-0.15, -0.1) is 0 Å². The van der Waals surface area contributed by atoms with Crippen LogP contribution in [0.15, 0.2) is 60.7 Å². The molecule has 0 radical (unpaired) electrons. The Balaban J connectivity index is 1.51. The maximum absolute atomic E-state index is 12.9. The summed E-state index contributed by atoms with van der Waals surface area (Å²) in [5.41, 5.74) is 2.77. The minimum absolute atomic E-state index is 0.120. The van der Waals surface area contributed by atoms with Gasteiger partial charge >= 0.3 is 10.2 Å². The summed E-state index contributed by atoms with van der Waals surface area (Å²) in [6.45, 7) is 2.62. The Hall–Kier alpha value is -3.11. The van der Waals surface area contributed by atoms with E-state index < -0.39 is 16.1 Å². The van der Waals surface area contributed by atoms with Crippen LogP contribution in [-0.2, 0) is 10.2 Å². The molecule has 0 saturated carbocycles. The molecule has 3 aromatic rings. The van der Waals surface area contributed by atoms with Crippen molar-refractivity contribution in [3.8, 4) is 0 Å². The predicted molar refractivity (Wildman–Crippen MR) is 144 cm³/mol. The van der Waals surface area contributed by atoms with Crippen molar-refractivity contribution in [2.75, 3.05) is 35.1 Å². The smallest absolute Gasteiger partial charge is 0.303 e. The molecule has 2 N–H and O–H groups in total. The minimum atomic E-state index is -3.63. The molecule has 8 nitrogen and oxygen atoms in total. The second-order valence-corrected chi connectivity index (χ2v) is 11.2. The Kier molecular flexibility index (Phi) is 7.56. The number of rotatable bonds is 5. The molecule has 0 aliphatic carbocycles.